The highest BCUT2D eigenvalue weighted by Gasteiger charge is 1.98. The topological polar surface area (TPSA) is 67.5 Å². The highest BCUT2D eigenvalue weighted by molar-refractivity contribution is 6.31. The Hall–Kier alpha value is -0.870. The van der Waals surface area contributed by atoms with E-state index in [1.165, 1.54) is 6.34 Å². The molecule has 0 aromatic heterocycles. The number of aldehydes is 1. The van der Waals surface area contributed by atoms with Crippen molar-refractivity contribution in [1.29, 1.82) is 0 Å². The first-order valence-electron chi connectivity index (χ1n) is 2.97. The fraction of sp³-hybridized carbons (Fsp3) is 0.333. The summed E-state index contributed by atoms with van der Waals surface area (Å²) in [6.07, 6.45) is 1.99. The van der Waals surface area contributed by atoms with Gasteiger partial charge in [-0.15, -0.1) is 0 Å². The van der Waals surface area contributed by atoms with E-state index in [0.29, 0.717) is 11.9 Å². The van der Waals surface area contributed by atoms with Gasteiger partial charge in [0.25, 0.3) is 0 Å². The summed E-state index contributed by atoms with van der Waals surface area (Å²) in [6, 6.07) is 0. The molecule has 0 radical (unpaired) electrons. The van der Waals surface area contributed by atoms with E-state index in [4.69, 9.17) is 17.3 Å². The van der Waals surface area contributed by atoms with Crippen LogP contribution >= 0.6 is 11.6 Å². The third kappa shape index (κ3) is 3.75. The van der Waals surface area contributed by atoms with Crippen LogP contribution in [0.25, 0.3) is 0 Å². The van der Waals surface area contributed by atoms with E-state index in [-0.39, 0.29) is 11.7 Å². The zero-order valence-electron chi connectivity index (χ0n) is 6.17. The minimum Gasteiger partial charge on any atom is -0.337 e. The molecule has 3 N–H and O–H groups in total. The van der Waals surface area contributed by atoms with Gasteiger partial charge in [0.1, 0.15) is 11.4 Å². The molecule has 0 atom stereocenters. The van der Waals surface area contributed by atoms with Crippen molar-refractivity contribution in [2.75, 3.05) is 13.6 Å². The van der Waals surface area contributed by atoms with E-state index in [1.807, 2.05) is 0 Å². The van der Waals surface area contributed by atoms with Crippen molar-refractivity contribution in [1.82, 2.24) is 5.32 Å². The Morgan fingerprint density at radius 1 is 1.82 bits per heavy atom. The minimum absolute atomic E-state index is 0.118. The number of hydrogen-bond acceptors (Lipinski definition) is 3. The number of halogens is 1. The van der Waals surface area contributed by atoms with Gasteiger partial charge in [-0.1, -0.05) is 11.6 Å². The first-order valence-corrected chi connectivity index (χ1v) is 3.35. The molecule has 0 heterocycles. The van der Waals surface area contributed by atoms with Crippen molar-refractivity contribution in [2.45, 2.75) is 0 Å². The number of carbonyl (C=O) groups excluding carboxylic acids is 1. The van der Waals surface area contributed by atoms with Crippen LogP contribution in [0.3, 0.4) is 0 Å². The molecule has 62 valence electrons. The van der Waals surface area contributed by atoms with Crippen LogP contribution in [0.15, 0.2) is 15.7 Å². The number of nitrogens with one attached hydrogen (secondary N) is 1. The lowest BCUT2D eigenvalue weighted by atomic mass is 10.3. The summed E-state index contributed by atoms with van der Waals surface area (Å²) in [5.74, 6) is 0. The fourth-order valence-corrected chi connectivity index (χ4v) is 0.574. The lowest BCUT2D eigenvalue weighted by Gasteiger charge is -1.99. The van der Waals surface area contributed by atoms with Gasteiger partial charge in [-0.25, -0.2) is 0 Å². The first kappa shape index (κ1) is 10.1. The second-order valence-electron chi connectivity index (χ2n) is 1.69. The Balaban J connectivity index is 4.22. The van der Waals surface area contributed by atoms with Crippen LogP contribution in [0.1, 0.15) is 0 Å². The van der Waals surface area contributed by atoms with Gasteiger partial charge in [0.15, 0.2) is 0 Å². The number of hydrogen-bond donors (Lipinski definition) is 2. The zero-order chi connectivity index (χ0) is 8.69. The number of rotatable bonds is 4. The minimum atomic E-state index is 0.118. The molecule has 0 amide bonds. The van der Waals surface area contributed by atoms with Gasteiger partial charge >= 0.3 is 0 Å². The first-order chi connectivity index (χ1) is 5.26. The van der Waals surface area contributed by atoms with Crippen molar-refractivity contribution >= 4 is 24.2 Å². The Labute approximate surface area is 70.1 Å². The maximum Gasteiger partial charge on any atom is 0.150 e. The van der Waals surface area contributed by atoms with Crippen LogP contribution in [-0.4, -0.2) is 26.2 Å². The quantitative estimate of drug-likeness (QED) is 0.205. The second kappa shape index (κ2) is 5.88. The van der Waals surface area contributed by atoms with Gasteiger partial charge in [-0.3, -0.25) is 9.79 Å². The van der Waals surface area contributed by atoms with Crippen molar-refractivity contribution in [3.8, 4) is 0 Å². The summed E-state index contributed by atoms with van der Waals surface area (Å²) in [7, 11) is 1.58. The summed E-state index contributed by atoms with van der Waals surface area (Å²) in [5.41, 5.74) is 5.52. The molecule has 5 heteroatoms. The van der Waals surface area contributed by atoms with E-state index in [0.717, 1.165) is 0 Å². The highest BCUT2D eigenvalue weighted by Crippen LogP contribution is 2.00. The number of carbonyl (C=O) groups is 1. The molecular formula is C6H10ClN3O. The van der Waals surface area contributed by atoms with Crippen molar-refractivity contribution in [3.63, 3.8) is 0 Å². The largest absolute Gasteiger partial charge is 0.337 e. The van der Waals surface area contributed by atoms with Crippen LogP contribution in [0.4, 0.5) is 0 Å². The number of nitrogens with zero attached hydrogens (tertiary/aromatic N) is 1. The molecule has 0 aromatic carbocycles. The lowest BCUT2D eigenvalue weighted by molar-refractivity contribution is -0.104. The molecule has 0 bridgehead atoms. The third-order valence-electron chi connectivity index (χ3n) is 0.964. The molecule has 0 saturated heterocycles. The molecule has 0 spiro atoms. The molecule has 0 aliphatic rings. The molecule has 0 saturated carbocycles. The smallest absolute Gasteiger partial charge is 0.150 e. The molecule has 0 aliphatic heterocycles. The predicted molar refractivity (Wildman–Crippen MR) is 45.5 cm³/mol. The molecule has 0 unspecified atom stereocenters. The van der Waals surface area contributed by atoms with Gasteiger partial charge in [0.2, 0.25) is 0 Å². The van der Waals surface area contributed by atoms with Gasteiger partial charge in [-0.2, -0.15) is 0 Å². The molecule has 0 aliphatic carbocycles. The molecule has 4 nitrogen and oxygen atoms in total. The van der Waals surface area contributed by atoms with Gasteiger partial charge < -0.3 is 11.1 Å². The Morgan fingerprint density at radius 3 is 2.82 bits per heavy atom. The molecule has 0 aromatic rings. The maximum absolute atomic E-state index is 10.2. The Morgan fingerprint density at radius 2 is 2.45 bits per heavy atom. The van der Waals surface area contributed by atoms with E-state index in [9.17, 15) is 4.79 Å². The van der Waals surface area contributed by atoms with E-state index >= 15 is 0 Å². The zero-order valence-corrected chi connectivity index (χ0v) is 6.93. The van der Waals surface area contributed by atoms with Gasteiger partial charge in [0, 0.05) is 19.2 Å². The molecule has 11 heavy (non-hydrogen) atoms. The number of nitrogens with two attached hydrogens (primary N) is 1. The average Bonchev–Trinajstić information content (AvgIpc) is 2.03. The van der Waals surface area contributed by atoms with Crippen LogP contribution in [0.5, 0.6) is 0 Å². The monoisotopic (exact) mass is 175 g/mol. The summed E-state index contributed by atoms with van der Waals surface area (Å²) < 4.78 is 0. The van der Waals surface area contributed by atoms with Crippen LogP contribution in [0.2, 0.25) is 0 Å². The van der Waals surface area contributed by atoms with E-state index in [2.05, 4.69) is 10.3 Å². The summed E-state index contributed by atoms with van der Waals surface area (Å²) in [5, 5.41) is 2.79. The van der Waals surface area contributed by atoms with Crippen LogP contribution in [-0.2, 0) is 4.79 Å². The maximum atomic E-state index is 10.2. The van der Waals surface area contributed by atoms with Crippen LogP contribution in [0, 0.1) is 0 Å². The highest BCUT2D eigenvalue weighted by atomic mass is 35.5. The Bertz CT molecular complexity index is 188. The summed E-state index contributed by atoms with van der Waals surface area (Å²) in [6.45, 7) is 0.118. The third-order valence-corrected chi connectivity index (χ3v) is 1.32. The SMILES string of the molecule is CN=CNC(Cl)=C(C=O)CN. The lowest BCUT2D eigenvalue weighted by Crippen LogP contribution is -2.14. The number of aliphatic imine (C=N–C) groups is 1. The van der Waals surface area contributed by atoms with Gasteiger partial charge in [-0.05, 0) is 0 Å². The summed E-state index contributed by atoms with van der Waals surface area (Å²) >= 11 is 5.59. The van der Waals surface area contributed by atoms with Crippen LogP contribution < -0.4 is 11.1 Å². The Kier molecular flexibility index (Phi) is 5.42. The summed E-state index contributed by atoms with van der Waals surface area (Å²) in [4.78, 5) is 13.8. The molecule has 0 rings (SSSR count). The van der Waals surface area contributed by atoms with Crippen molar-refractivity contribution in [3.05, 3.63) is 10.7 Å². The molecular weight excluding hydrogens is 166 g/mol. The second-order valence-corrected chi connectivity index (χ2v) is 2.07. The normalized spacial score (nSPS) is 13.0. The fourth-order valence-electron chi connectivity index (χ4n) is 0.403. The van der Waals surface area contributed by atoms with Gasteiger partial charge in [0.05, 0.1) is 6.34 Å². The average molecular weight is 176 g/mol. The molecule has 0 fully saturated rings. The standard InChI is InChI=1S/C6H10ClN3O/c1-9-4-10-6(7)5(2-8)3-11/h3-4H,2,8H2,1H3,(H,9,10). The van der Waals surface area contributed by atoms with E-state index in [1.54, 1.807) is 7.05 Å². The van der Waals surface area contributed by atoms with Crippen molar-refractivity contribution in [2.24, 2.45) is 10.7 Å². The van der Waals surface area contributed by atoms with Crippen molar-refractivity contribution < 1.29 is 4.79 Å². The van der Waals surface area contributed by atoms with E-state index < -0.39 is 0 Å². The predicted octanol–water partition coefficient (Wildman–Crippen LogP) is -0.158.